The molecule has 0 aliphatic rings. The van der Waals surface area contributed by atoms with Crippen molar-refractivity contribution in [3.8, 4) is 0 Å². The van der Waals surface area contributed by atoms with Gasteiger partial charge in [0.25, 0.3) is 0 Å². The summed E-state index contributed by atoms with van der Waals surface area (Å²) < 4.78 is 25.3. The van der Waals surface area contributed by atoms with Crippen LogP contribution in [0.3, 0.4) is 0 Å². The van der Waals surface area contributed by atoms with Gasteiger partial charge in [0.1, 0.15) is 0 Å². The van der Waals surface area contributed by atoms with Gasteiger partial charge in [-0.2, -0.15) is 0 Å². The number of hydrogen-bond acceptors (Lipinski definition) is 3. The topological polar surface area (TPSA) is 63.2 Å². The summed E-state index contributed by atoms with van der Waals surface area (Å²) in [6, 6.07) is 10.3. The monoisotopic (exact) mass is 244 g/mol. The third kappa shape index (κ3) is 17.6. The minimum atomic E-state index is -3.11. The molecule has 72 valence electrons. The fraction of sp³-hybridized carbons (Fsp3) is 0.111. The summed E-state index contributed by atoms with van der Waals surface area (Å²) in [5, 5.41) is 0. The maximum absolute atomic E-state index is 8.44. The Labute approximate surface area is 137 Å². The maximum atomic E-state index is 8.44. The molecule has 0 saturated carbocycles. The molecular weight excluding hydrogens is 234 g/mol. The first-order valence-corrected chi connectivity index (χ1v) is 4.58. The van der Waals surface area contributed by atoms with Crippen LogP contribution >= 0.6 is 0 Å². The molecule has 1 aromatic rings. The predicted molar refractivity (Wildman–Crippen MR) is 50.0 cm³/mol. The van der Waals surface area contributed by atoms with Gasteiger partial charge >= 0.3 is 59.1 Å². The molecule has 3 nitrogen and oxygen atoms in total. The Bertz CT molecular complexity index is 263. The van der Waals surface area contributed by atoms with Crippen molar-refractivity contribution >= 4 is 11.4 Å². The fourth-order valence-corrected chi connectivity index (χ4v) is 0.781. The van der Waals surface area contributed by atoms with Crippen LogP contribution in [0.2, 0.25) is 0 Å². The number of benzene rings is 1. The number of allylic oxidation sites excluding steroid dienone is 1. The van der Waals surface area contributed by atoms with Crippen LogP contribution in [0.1, 0.15) is 5.56 Å². The molecule has 0 aliphatic heterocycles. The zero-order valence-electron chi connectivity index (χ0n) is 9.01. The van der Waals surface area contributed by atoms with Gasteiger partial charge < -0.3 is 9.11 Å². The van der Waals surface area contributed by atoms with Gasteiger partial charge in [0.2, 0.25) is 0 Å². The molecule has 0 spiro atoms. The molecule has 0 N–H and O–H groups in total. The van der Waals surface area contributed by atoms with Crippen LogP contribution in [0.4, 0.5) is 0 Å². The van der Waals surface area contributed by atoms with Gasteiger partial charge in [-0.1, -0.05) is 36.4 Å². The zero-order valence-corrected chi connectivity index (χ0v) is 13.8. The minimum absolute atomic E-state index is 0. The molecule has 0 bridgehead atoms. The van der Waals surface area contributed by atoms with Crippen LogP contribution in [0, 0.1) is 0 Å². The Balaban J connectivity index is -0.000000213. The van der Waals surface area contributed by atoms with Crippen LogP contribution in [-0.2, 0) is 17.8 Å². The molecule has 0 radical (unpaired) electrons. The van der Waals surface area contributed by atoms with Crippen LogP contribution < -0.4 is 59.1 Å². The average molecular weight is 244 g/mol. The number of rotatable bonds is 2. The van der Waals surface area contributed by atoms with Crippen LogP contribution in [-0.4, -0.2) is 13.3 Å². The first-order chi connectivity index (χ1) is 6.16. The molecule has 0 aliphatic carbocycles. The van der Waals surface area contributed by atoms with E-state index < -0.39 is 11.4 Å². The third-order valence-electron chi connectivity index (χ3n) is 1.22. The van der Waals surface area contributed by atoms with E-state index in [1.807, 2.05) is 24.3 Å². The molecule has 0 unspecified atom stereocenters. The van der Waals surface area contributed by atoms with E-state index in [2.05, 4.69) is 18.7 Å². The van der Waals surface area contributed by atoms with E-state index in [0.717, 1.165) is 6.42 Å². The van der Waals surface area contributed by atoms with Gasteiger partial charge in [0.15, 0.2) is 0 Å². The van der Waals surface area contributed by atoms with E-state index in [1.54, 1.807) is 0 Å². The van der Waals surface area contributed by atoms with Crippen LogP contribution in [0.15, 0.2) is 43.0 Å². The largest absolute Gasteiger partial charge is 1.00 e. The Hall–Kier alpha value is 1.03. The Morgan fingerprint density at radius 3 is 1.93 bits per heavy atom. The summed E-state index contributed by atoms with van der Waals surface area (Å²) in [6.07, 6.45) is 2.89. The van der Waals surface area contributed by atoms with Crippen molar-refractivity contribution in [2.45, 2.75) is 6.42 Å². The van der Waals surface area contributed by atoms with Gasteiger partial charge in [-0.05, 0) is 12.0 Å². The second-order valence-corrected chi connectivity index (χ2v) is 2.59. The van der Waals surface area contributed by atoms with E-state index in [1.165, 1.54) is 5.56 Å². The molecule has 0 amide bonds. The van der Waals surface area contributed by atoms with Crippen molar-refractivity contribution in [3.05, 3.63) is 48.6 Å². The first kappa shape index (κ1) is 21.3. The van der Waals surface area contributed by atoms with E-state index in [0.29, 0.717) is 0 Å². The Morgan fingerprint density at radius 1 is 1.20 bits per heavy atom. The summed E-state index contributed by atoms with van der Waals surface area (Å²) in [5.41, 5.74) is 1.33. The predicted octanol–water partition coefficient (Wildman–Crippen LogP) is -4.58. The van der Waals surface area contributed by atoms with Gasteiger partial charge in [0.05, 0.1) is 0 Å². The van der Waals surface area contributed by atoms with Crippen molar-refractivity contribution in [2.24, 2.45) is 0 Å². The van der Waals surface area contributed by atoms with Gasteiger partial charge in [-0.3, -0.25) is 4.21 Å². The average Bonchev–Trinajstić information content (AvgIpc) is 2.06. The normalized spacial score (nSPS) is 7.67. The second-order valence-electron chi connectivity index (χ2n) is 2.18. The molecule has 0 aromatic heterocycles. The molecule has 0 saturated heterocycles. The molecule has 1 aromatic carbocycles. The van der Waals surface area contributed by atoms with Crippen molar-refractivity contribution in [1.29, 1.82) is 0 Å². The smallest absolute Gasteiger partial charge is 0.784 e. The molecule has 0 fully saturated rings. The SMILES string of the molecule is C=CCc1ccccc1.O=S([O-])[O-].[Na+].[Na+]. The standard InChI is InChI=1S/C9H10.2Na.H2O3S/c1-2-6-9-7-4-3-5-8-9;;;1-4(2)3/h2-5,7-8H,1,6H2;;;(H2,1,2,3)/q;2*+1;/p-2. The Morgan fingerprint density at radius 2 is 1.60 bits per heavy atom. The van der Waals surface area contributed by atoms with Crippen molar-refractivity contribution in [3.63, 3.8) is 0 Å². The zero-order chi connectivity index (χ0) is 10.1. The second kappa shape index (κ2) is 15.0. The minimum Gasteiger partial charge on any atom is -0.784 e. The summed E-state index contributed by atoms with van der Waals surface area (Å²) in [4.78, 5) is 0. The molecule has 0 heterocycles. The molecular formula is C9H10Na2O3S. The molecule has 6 heteroatoms. The van der Waals surface area contributed by atoms with Gasteiger partial charge in [0, 0.05) is 0 Å². The van der Waals surface area contributed by atoms with Crippen LogP contribution in [0.5, 0.6) is 0 Å². The first-order valence-electron chi connectivity index (χ1n) is 3.58. The van der Waals surface area contributed by atoms with E-state index in [4.69, 9.17) is 13.3 Å². The quantitative estimate of drug-likeness (QED) is 0.299. The van der Waals surface area contributed by atoms with E-state index >= 15 is 0 Å². The summed E-state index contributed by atoms with van der Waals surface area (Å²) in [6.45, 7) is 3.66. The van der Waals surface area contributed by atoms with E-state index in [-0.39, 0.29) is 59.1 Å². The van der Waals surface area contributed by atoms with Crippen molar-refractivity contribution < 1.29 is 72.4 Å². The van der Waals surface area contributed by atoms with Crippen molar-refractivity contribution in [1.82, 2.24) is 0 Å². The summed E-state index contributed by atoms with van der Waals surface area (Å²) >= 11 is -3.11. The van der Waals surface area contributed by atoms with Gasteiger partial charge in [-0.25, -0.2) is 0 Å². The molecule has 0 atom stereocenters. The fourth-order valence-electron chi connectivity index (χ4n) is 0.781. The maximum Gasteiger partial charge on any atom is 1.00 e. The summed E-state index contributed by atoms with van der Waals surface area (Å²) in [5.74, 6) is 0. The molecule has 1 rings (SSSR count). The molecule has 15 heavy (non-hydrogen) atoms. The van der Waals surface area contributed by atoms with Gasteiger partial charge in [-0.15, -0.1) is 17.9 Å². The summed E-state index contributed by atoms with van der Waals surface area (Å²) in [7, 11) is 0. The third-order valence-corrected chi connectivity index (χ3v) is 1.22. The van der Waals surface area contributed by atoms with Crippen LogP contribution in [0.25, 0.3) is 0 Å². The number of hydrogen-bond donors (Lipinski definition) is 0. The Kier molecular flexibility index (Phi) is 21.4. The van der Waals surface area contributed by atoms with E-state index in [9.17, 15) is 0 Å². The van der Waals surface area contributed by atoms with Crippen molar-refractivity contribution in [2.75, 3.05) is 0 Å².